The monoisotopic (exact) mass is 298 g/mol. The van der Waals surface area contributed by atoms with Crippen LogP contribution in [0.3, 0.4) is 0 Å². The largest absolute Gasteiger partial charge is 0.477 e. The van der Waals surface area contributed by atoms with Gasteiger partial charge in [-0.05, 0) is 30.9 Å². The van der Waals surface area contributed by atoms with E-state index < -0.39 is 5.97 Å². The Bertz CT molecular complexity index is 667. The Kier molecular flexibility index (Phi) is 4.00. The Morgan fingerprint density at radius 1 is 1.27 bits per heavy atom. The quantitative estimate of drug-likeness (QED) is 0.937. The van der Waals surface area contributed by atoms with Crippen molar-refractivity contribution in [3.63, 3.8) is 0 Å². The zero-order chi connectivity index (χ0) is 15.5. The number of aromatic carboxylic acids is 1. The number of aromatic nitrogens is 3. The molecule has 0 radical (unpaired) electrons. The highest BCUT2D eigenvalue weighted by Gasteiger charge is 2.23. The van der Waals surface area contributed by atoms with Gasteiger partial charge >= 0.3 is 5.97 Å². The third-order valence-electron chi connectivity index (χ3n) is 4.02. The molecule has 1 N–H and O–H groups in total. The van der Waals surface area contributed by atoms with E-state index in [-0.39, 0.29) is 5.56 Å². The second kappa shape index (κ2) is 6.09. The van der Waals surface area contributed by atoms with Gasteiger partial charge in [0.2, 0.25) is 0 Å². The SMILES string of the molecule is CC1CCN(c2nc(-c3ccncc3)ncc2C(=O)O)CC1. The number of carbonyl (C=O) groups is 1. The van der Waals surface area contributed by atoms with Crippen molar-refractivity contribution in [2.45, 2.75) is 19.8 Å². The number of hydrogen-bond acceptors (Lipinski definition) is 5. The smallest absolute Gasteiger partial charge is 0.341 e. The van der Waals surface area contributed by atoms with Crippen LogP contribution in [0, 0.1) is 5.92 Å². The summed E-state index contributed by atoms with van der Waals surface area (Å²) < 4.78 is 0. The fraction of sp³-hybridized carbons (Fsp3) is 0.375. The Morgan fingerprint density at radius 2 is 1.95 bits per heavy atom. The van der Waals surface area contributed by atoms with Crippen LogP contribution in [0.1, 0.15) is 30.1 Å². The van der Waals surface area contributed by atoms with Crippen molar-refractivity contribution in [1.29, 1.82) is 0 Å². The lowest BCUT2D eigenvalue weighted by atomic mass is 9.99. The van der Waals surface area contributed by atoms with Gasteiger partial charge in [0.15, 0.2) is 5.82 Å². The number of rotatable bonds is 3. The average Bonchev–Trinajstić information content (AvgIpc) is 2.56. The number of pyridine rings is 1. The van der Waals surface area contributed by atoms with Crippen LogP contribution in [0.15, 0.2) is 30.7 Å². The summed E-state index contributed by atoms with van der Waals surface area (Å²) in [7, 11) is 0. The van der Waals surface area contributed by atoms with Gasteiger partial charge in [-0.25, -0.2) is 14.8 Å². The van der Waals surface area contributed by atoms with Gasteiger partial charge in [0.05, 0.1) is 0 Å². The summed E-state index contributed by atoms with van der Waals surface area (Å²) in [6.45, 7) is 3.88. The number of piperidine rings is 1. The highest BCUT2D eigenvalue weighted by atomic mass is 16.4. The van der Waals surface area contributed by atoms with Crippen molar-refractivity contribution in [3.05, 3.63) is 36.3 Å². The molecule has 2 aromatic rings. The molecule has 0 unspecified atom stereocenters. The van der Waals surface area contributed by atoms with Gasteiger partial charge in [-0.2, -0.15) is 0 Å². The Labute approximate surface area is 128 Å². The van der Waals surface area contributed by atoms with E-state index in [1.54, 1.807) is 12.4 Å². The fourth-order valence-electron chi connectivity index (χ4n) is 2.63. The van der Waals surface area contributed by atoms with E-state index in [2.05, 4.69) is 26.8 Å². The minimum Gasteiger partial charge on any atom is -0.477 e. The standard InChI is InChI=1S/C16H18N4O2/c1-11-4-8-20(9-5-11)15-13(16(21)22)10-18-14(19-15)12-2-6-17-7-3-12/h2-3,6-7,10-11H,4-5,8-9H2,1H3,(H,21,22). The molecular weight excluding hydrogens is 280 g/mol. The fourth-order valence-corrected chi connectivity index (χ4v) is 2.63. The van der Waals surface area contributed by atoms with E-state index in [4.69, 9.17) is 0 Å². The number of carboxylic acid groups (broad SMARTS) is 1. The summed E-state index contributed by atoms with van der Waals surface area (Å²) in [5.74, 6) is 0.725. The van der Waals surface area contributed by atoms with Crippen LogP contribution < -0.4 is 4.90 Å². The number of carboxylic acids is 1. The lowest BCUT2D eigenvalue weighted by Crippen LogP contribution is -2.34. The van der Waals surface area contributed by atoms with E-state index in [1.807, 2.05) is 12.1 Å². The lowest BCUT2D eigenvalue weighted by Gasteiger charge is -2.32. The van der Waals surface area contributed by atoms with Crippen molar-refractivity contribution in [2.75, 3.05) is 18.0 Å². The predicted molar refractivity (Wildman–Crippen MR) is 82.8 cm³/mol. The topological polar surface area (TPSA) is 79.2 Å². The zero-order valence-corrected chi connectivity index (χ0v) is 12.4. The maximum Gasteiger partial charge on any atom is 0.341 e. The summed E-state index contributed by atoms with van der Waals surface area (Å²) >= 11 is 0. The van der Waals surface area contributed by atoms with E-state index in [9.17, 15) is 9.90 Å². The number of anilines is 1. The van der Waals surface area contributed by atoms with Crippen LogP contribution in [-0.4, -0.2) is 39.1 Å². The summed E-state index contributed by atoms with van der Waals surface area (Å²) in [6, 6.07) is 3.63. The highest BCUT2D eigenvalue weighted by Crippen LogP contribution is 2.26. The van der Waals surface area contributed by atoms with Gasteiger partial charge in [0.1, 0.15) is 11.4 Å². The lowest BCUT2D eigenvalue weighted by molar-refractivity contribution is 0.0696. The van der Waals surface area contributed by atoms with Gasteiger partial charge in [0, 0.05) is 37.2 Å². The molecular formula is C16H18N4O2. The van der Waals surface area contributed by atoms with Crippen molar-refractivity contribution in [3.8, 4) is 11.4 Å². The average molecular weight is 298 g/mol. The highest BCUT2D eigenvalue weighted by molar-refractivity contribution is 5.93. The first kappa shape index (κ1) is 14.4. The summed E-state index contributed by atoms with van der Waals surface area (Å²) in [5, 5.41) is 9.39. The van der Waals surface area contributed by atoms with Gasteiger partial charge in [-0.15, -0.1) is 0 Å². The van der Waals surface area contributed by atoms with Crippen molar-refractivity contribution in [1.82, 2.24) is 15.0 Å². The normalized spacial score (nSPS) is 15.8. The molecule has 0 atom stereocenters. The van der Waals surface area contributed by atoms with Crippen LogP contribution in [0.2, 0.25) is 0 Å². The molecule has 1 aliphatic heterocycles. The van der Waals surface area contributed by atoms with Crippen LogP contribution in [0.4, 0.5) is 5.82 Å². The molecule has 0 amide bonds. The molecule has 3 heterocycles. The molecule has 0 aromatic carbocycles. The first-order valence-electron chi connectivity index (χ1n) is 7.41. The van der Waals surface area contributed by atoms with Crippen molar-refractivity contribution >= 4 is 11.8 Å². The third-order valence-corrected chi connectivity index (χ3v) is 4.02. The molecule has 0 saturated carbocycles. The summed E-state index contributed by atoms with van der Waals surface area (Å²) in [6.07, 6.45) is 6.85. The molecule has 1 fully saturated rings. The zero-order valence-electron chi connectivity index (χ0n) is 12.4. The molecule has 0 aliphatic carbocycles. The molecule has 1 aliphatic rings. The second-order valence-electron chi connectivity index (χ2n) is 5.64. The summed E-state index contributed by atoms with van der Waals surface area (Å²) in [4.78, 5) is 26.2. The van der Waals surface area contributed by atoms with Crippen molar-refractivity contribution in [2.24, 2.45) is 5.92 Å². The predicted octanol–water partition coefficient (Wildman–Crippen LogP) is 2.47. The first-order chi connectivity index (χ1) is 10.6. The van der Waals surface area contributed by atoms with Crippen LogP contribution in [-0.2, 0) is 0 Å². The Morgan fingerprint density at radius 3 is 2.59 bits per heavy atom. The molecule has 1 saturated heterocycles. The Hall–Kier alpha value is -2.50. The summed E-state index contributed by atoms with van der Waals surface area (Å²) in [5.41, 5.74) is 0.992. The molecule has 3 rings (SSSR count). The van der Waals surface area contributed by atoms with Crippen LogP contribution >= 0.6 is 0 Å². The van der Waals surface area contributed by atoms with Crippen molar-refractivity contribution < 1.29 is 9.90 Å². The molecule has 6 heteroatoms. The number of hydrogen-bond donors (Lipinski definition) is 1. The van der Waals surface area contributed by atoms with Gasteiger partial charge in [-0.3, -0.25) is 4.98 Å². The molecule has 0 spiro atoms. The molecule has 22 heavy (non-hydrogen) atoms. The second-order valence-corrected chi connectivity index (χ2v) is 5.64. The Balaban J connectivity index is 2.00. The molecule has 6 nitrogen and oxygen atoms in total. The molecule has 2 aromatic heterocycles. The van der Waals surface area contributed by atoms with E-state index in [1.165, 1.54) is 6.20 Å². The van der Waals surface area contributed by atoms with Crippen LogP contribution in [0.25, 0.3) is 11.4 Å². The van der Waals surface area contributed by atoms with Crippen LogP contribution in [0.5, 0.6) is 0 Å². The van der Waals surface area contributed by atoms with E-state index in [0.29, 0.717) is 17.6 Å². The molecule has 114 valence electrons. The maximum absolute atomic E-state index is 11.5. The minimum atomic E-state index is -0.991. The minimum absolute atomic E-state index is 0.160. The van der Waals surface area contributed by atoms with Gasteiger partial charge < -0.3 is 10.0 Å². The van der Waals surface area contributed by atoms with Gasteiger partial charge in [0.25, 0.3) is 0 Å². The van der Waals surface area contributed by atoms with Gasteiger partial charge in [-0.1, -0.05) is 6.92 Å². The van der Waals surface area contributed by atoms with E-state index in [0.717, 1.165) is 31.5 Å². The molecule has 0 bridgehead atoms. The number of nitrogens with zero attached hydrogens (tertiary/aromatic N) is 4. The first-order valence-corrected chi connectivity index (χ1v) is 7.41. The van der Waals surface area contributed by atoms with E-state index >= 15 is 0 Å². The maximum atomic E-state index is 11.5. The third kappa shape index (κ3) is 2.90.